The van der Waals surface area contributed by atoms with Gasteiger partial charge in [-0.25, -0.2) is 9.59 Å². The molecule has 0 unspecified atom stereocenters. The van der Waals surface area contributed by atoms with Crippen LogP contribution in [0.2, 0.25) is 0 Å². The van der Waals surface area contributed by atoms with Gasteiger partial charge in [-0.3, -0.25) is 0 Å². The van der Waals surface area contributed by atoms with Crippen molar-refractivity contribution in [1.29, 1.82) is 0 Å². The van der Waals surface area contributed by atoms with E-state index >= 15 is 0 Å². The number of aliphatic hydroxyl groups is 1. The number of carbonyl (C=O) groups is 2. The second-order valence-corrected chi connectivity index (χ2v) is 5.78. The SMILES string of the molecule is CCOC(=O)[C@]1(O)C(=O)O[C@H](c2ccc(C)cc2)C12CC2. The first-order chi connectivity index (χ1) is 9.95. The van der Waals surface area contributed by atoms with Crippen molar-refractivity contribution in [2.45, 2.75) is 38.4 Å². The summed E-state index contributed by atoms with van der Waals surface area (Å²) in [5, 5.41) is 10.7. The van der Waals surface area contributed by atoms with E-state index in [4.69, 9.17) is 9.47 Å². The van der Waals surface area contributed by atoms with Gasteiger partial charge >= 0.3 is 11.9 Å². The summed E-state index contributed by atoms with van der Waals surface area (Å²) in [4.78, 5) is 24.2. The standard InChI is InChI=1S/C16H18O5/c1-3-20-13(17)16(19)14(18)21-12(15(16)8-9-15)11-6-4-10(2)5-7-11/h4-7,12,19H,3,8-9H2,1-2H3/t12-,16+/m1/s1. The Morgan fingerprint density at radius 2 is 2.00 bits per heavy atom. The van der Waals surface area contributed by atoms with E-state index in [9.17, 15) is 14.7 Å². The summed E-state index contributed by atoms with van der Waals surface area (Å²) in [7, 11) is 0. The molecule has 5 nitrogen and oxygen atoms in total. The Bertz CT molecular complexity index is 587. The summed E-state index contributed by atoms with van der Waals surface area (Å²) in [6.45, 7) is 3.71. The van der Waals surface area contributed by atoms with Crippen LogP contribution >= 0.6 is 0 Å². The van der Waals surface area contributed by atoms with Crippen molar-refractivity contribution < 1.29 is 24.2 Å². The summed E-state index contributed by atoms with van der Waals surface area (Å²) < 4.78 is 10.2. The lowest BCUT2D eigenvalue weighted by Crippen LogP contribution is -2.51. The van der Waals surface area contributed by atoms with E-state index in [1.807, 2.05) is 31.2 Å². The Balaban J connectivity index is 1.98. The molecule has 1 N–H and O–H groups in total. The Morgan fingerprint density at radius 1 is 1.38 bits per heavy atom. The predicted molar refractivity (Wildman–Crippen MR) is 73.3 cm³/mol. The second kappa shape index (κ2) is 4.56. The summed E-state index contributed by atoms with van der Waals surface area (Å²) in [6.07, 6.45) is 0.527. The van der Waals surface area contributed by atoms with E-state index < -0.39 is 29.1 Å². The first kappa shape index (κ1) is 14.1. The third-order valence-corrected chi connectivity index (χ3v) is 4.48. The molecule has 0 bridgehead atoms. The molecular weight excluding hydrogens is 272 g/mol. The quantitative estimate of drug-likeness (QED) is 0.677. The number of benzene rings is 1. The van der Waals surface area contributed by atoms with Gasteiger partial charge in [0.25, 0.3) is 5.60 Å². The van der Waals surface area contributed by atoms with Gasteiger partial charge < -0.3 is 14.6 Å². The first-order valence-electron chi connectivity index (χ1n) is 7.13. The lowest BCUT2D eigenvalue weighted by atomic mass is 9.80. The highest BCUT2D eigenvalue weighted by Crippen LogP contribution is 2.67. The normalized spacial score (nSPS) is 29.3. The Labute approximate surface area is 122 Å². The van der Waals surface area contributed by atoms with Crippen LogP contribution in [0.1, 0.15) is 37.0 Å². The molecule has 1 aliphatic heterocycles. The minimum absolute atomic E-state index is 0.111. The van der Waals surface area contributed by atoms with E-state index in [0.717, 1.165) is 11.1 Å². The number of rotatable bonds is 3. The highest BCUT2D eigenvalue weighted by atomic mass is 16.6. The van der Waals surface area contributed by atoms with E-state index in [1.54, 1.807) is 6.92 Å². The van der Waals surface area contributed by atoms with Crippen molar-refractivity contribution in [2.75, 3.05) is 6.61 Å². The van der Waals surface area contributed by atoms with Crippen molar-refractivity contribution in [1.82, 2.24) is 0 Å². The lowest BCUT2D eigenvalue weighted by Gasteiger charge is -2.25. The van der Waals surface area contributed by atoms with Crippen LogP contribution in [0.5, 0.6) is 0 Å². The summed E-state index contributed by atoms with van der Waals surface area (Å²) in [6, 6.07) is 7.57. The summed E-state index contributed by atoms with van der Waals surface area (Å²) in [5.74, 6) is -1.80. The molecule has 1 aromatic rings. The van der Waals surface area contributed by atoms with Gasteiger partial charge in [-0.2, -0.15) is 0 Å². The predicted octanol–water partition coefficient (Wildman–Crippen LogP) is 1.67. The minimum atomic E-state index is -2.18. The van der Waals surface area contributed by atoms with Crippen LogP contribution in [-0.2, 0) is 19.1 Å². The Kier molecular flexibility index (Phi) is 3.06. The molecule has 2 fully saturated rings. The van der Waals surface area contributed by atoms with Gasteiger partial charge in [0.1, 0.15) is 6.10 Å². The molecule has 1 aromatic carbocycles. The molecule has 112 valence electrons. The fourth-order valence-corrected chi connectivity index (χ4v) is 3.11. The average molecular weight is 290 g/mol. The molecule has 21 heavy (non-hydrogen) atoms. The van der Waals surface area contributed by atoms with Crippen LogP contribution in [0, 0.1) is 12.3 Å². The number of hydrogen-bond acceptors (Lipinski definition) is 5. The van der Waals surface area contributed by atoms with E-state index in [0.29, 0.717) is 12.8 Å². The van der Waals surface area contributed by atoms with E-state index in [2.05, 4.69) is 0 Å². The molecule has 2 atom stereocenters. The Morgan fingerprint density at radius 3 is 2.52 bits per heavy atom. The van der Waals surface area contributed by atoms with Gasteiger partial charge in [0.2, 0.25) is 0 Å². The maximum atomic E-state index is 12.1. The van der Waals surface area contributed by atoms with Gasteiger partial charge in [-0.1, -0.05) is 29.8 Å². The van der Waals surface area contributed by atoms with Gasteiger partial charge in [0.05, 0.1) is 12.0 Å². The smallest absolute Gasteiger partial charge is 0.351 e. The van der Waals surface area contributed by atoms with Crippen molar-refractivity contribution in [3.8, 4) is 0 Å². The minimum Gasteiger partial charge on any atom is -0.463 e. The van der Waals surface area contributed by atoms with Crippen molar-refractivity contribution in [3.05, 3.63) is 35.4 Å². The number of aryl methyl sites for hydroxylation is 1. The maximum Gasteiger partial charge on any atom is 0.351 e. The molecular formula is C16H18O5. The molecule has 1 saturated heterocycles. The van der Waals surface area contributed by atoms with Crippen molar-refractivity contribution >= 4 is 11.9 Å². The zero-order chi connectivity index (χ0) is 15.3. The molecule has 1 spiro atoms. The molecule has 0 radical (unpaired) electrons. The third kappa shape index (κ3) is 1.80. The molecule has 1 saturated carbocycles. The van der Waals surface area contributed by atoms with Gasteiger partial charge in [0.15, 0.2) is 0 Å². The van der Waals surface area contributed by atoms with Crippen molar-refractivity contribution in [3.63, 3.8) is 0 Å². The van der Waals surface area contributed by atoms with Crippen LogP contribution in [0.15, 0.2) is 24.3 Å². The van der Waals surface area contributed by atoms with Crippen LogP contribution in [0.4, 0.5) is 0 Å². The third-order valence-electron chi connectivity index (χ3n) is 4.48. The van der Waals surface area contributed by atoms with Crippen LogP contribution in [-0.4, -0.2) is 29.3 Å². The zero-order valence-electron chi connectivity index (χ0n) is 12.1. The first-order valence-corrected chi connectivity index (χ1v) is 7.13. The summed E-state index contributed by atoms with van der Waals surface area (Å²) in [5.41, 5.74) is -1.18. The van der Waals surface area contributed by atoms with Gasteiger partial charge in [-0.05, 0) is 32.3 Å². The Hall–Kier alpha value is -1.88. The fraction of sp³-hybridized carbons (Fsp3) is 0.500. The largest absolute Gasteiger partial charge is 0.463 e. The number of cyclic esters (lactones) is 1. The van der Waals surface area contributed by atoms with Gasteiger partial charge in [0, 0.05) is 0 Å². The molecule has 3 rings (SSSR count). The average Bonchev–Trinajstić information content (AvgIpc) is 3.22. The number of carbonyl (C=O) groups excluding carboxylic acids is 2. The highest BCUT2D eigenvalue weighted by molar-refractivity contribution is 6.06. The number of hydrogen-bond donors (Lipinski definition) is 1. The van der Waals surface area contributed by atoms with Crippen molar-refractivity contribution in [2.24, 2.45) is 5.41 Å². The molecule has 0 amide bonds. The van der Waals surface area contributed by atoms with Crippen LogP contribution in [0.25, 0.3) is 0 Å². The number of ether oxygens (including phenoxy) is 2. The molecule has 2 aliphatic rings. The second-order valence-electron chi connectivity index (χ2n) is 5.78. The van der Waals surface area contributed by atoms with Crippen LogP contribution < -0.4 is 0 Å². The lowest BCUT2D eigenvalue weighted by molar-refractivity contribution is -0.178. The number of esters is 2. The molecule has 5 heteroatoms. The van der Waals surface area contributed by atoms with Crippen LogP contribution in [0.3, 0.4) is 0 Å². The van der Waals surface area contributed by atoms with Gasteiger partial charge in [-0.15, -0.1) is 0 Å². The maximum absolute atomic E-state index is 12.1. The molecule has 1 heterocycles. The van der Waals surface area contributed by atoms with E-state index in [-0.39, 0.29) is 6.61 Å². The highest BCUT2D eigenvalue weighted by Gasteiger charge is 2.78. The van der Waals surface area contributed by atoms with E-state index in [1.165, 1.54) is 0 Å². The molecule has 1 aliphatic carbocycles. The topological polar surface area (TPSA) is 72.8 Å². The monoisotopic (exact) mass is 290 g/mol. The fourth-order valence-electron chi connectivity index (χ4n) is 3.11. The molecule has 0 aromatic heterocycles. The summed E-state index contributed by atoms with van der Waals surface area (Å²) >= 11 is 0. The zero-order valence-corrected chi connectivity index (χ0v) is 12.1.